The molecule has 1 saturated carbocycles. The summed E-state index contributed by atoms with van der Waals surface area (Å²) in [6, 6.07) is 4.08. The molecule has 1 saturated heterocycles. The molecule has 0 spiro atoms. The summed E-state index contributed by atoms with van der Waals surface area (Å²) < 4.78 is 0. The lowest BCUT2D eigenvalue weighted by atomic mass is 9.78. The van der Waals surface area contributed by atoms with Gasteiger partial charge in [0.05, 0.1) is 4.88 Å². The Morgan fingerprint density at radius 2 is 1.89 bits per heavy atom. The minimum absolute atomic E-state index is 0.0579. The molecule has 6 nitrogen and oxygen atoms in total. The summed E-state index contributed by atoms with van der Waals surface area (Å²) in [6.45, 7) is 5.75. The second-order valence-electron chi connectivity index (χ2n) is 8.01. The topological polar surface area (TPSA) is 73.5 Å². The van der Waals surface area contributed by atoms with Crippen molar-refractivity contribution in [1.82, 2.24) is 21.1 Å². The molecule has 1 aromatic rings. The number of hydrazine groups is 1. The molecule has 3 rings (SSSR count). The van der Waals surface area contributed by atoms with Gasteiger partial charge in [0.25, 0.3) is 5.91 Å². The molecule has 1 aromatic heterocycles. The molecular weight excluding hydrogens is 392 g/mol. The Labute approximate surface area is 176 Å². The zero-order valence-electron chi connectivity index (χ0n) is 16.6. The van der Waals surface area contributed by atoms with E-state index in [1.807, 2.05) is 22.4 Å². The third-order valence-electron chi connectivity index (χ3n) is 6.21. The summed E-state index contributed by atoms with van der Waals surface area (Å²) >= 11 is 6.81. The van der Waals surface area contributed by atoms with Crippen molar-refractivity contribution in [3.63, 3.8) is 0 Å². The lowest BCUT2D eigenvalue weighted by Gasteiger charge is -2.35. The van der Waals surface area contributed by atoms with E-state index in [1.54, 1.807) is 0 Å². The highest BCUT2D eigenvalue weighted by Crippen LogP contribution is 2.29. The van der Waals surface area contributed by atoms with Gasteiger partial charge in [-0.15, -0.1) is 11.3 Å². The van der Waals surface area contributed by atoms with Crippen LogP contribution in [0.3, 0.4) is 0 Å². The van der Waals surface area contributed by atoms with E-state index in [1.165, 1.54) is 24.2 Å². The molecule has 1 aliphatic carbocycles. The van der Waals surface area contributed by atoms with Gasteiger partial charge in [-0.2, -0.15) is 0 Å². The highest BCUT2D eigenvalue weighted by atomic mass is 32.1. The van der Waals surface area contributed by atoms with E-state index >= 15 is 0 Å². The van der Waals surface area contributed by atoms with Crippen molar-refractivity contribution in [3.05, 3.63) is 22.4 Å². The number of rotatable bonds is 3. The maximum absolute atomic E-state index is 12.5. The van der Waals surface area contributed by atoms with Crippen LogP contribution in [0.1, 0.15) is 55.6 Å². The third kappa shape index (κ3) is 5.23. The van der Waals surface area contributed by atoms with Gasteiger partial charge in [0.1, 0.15) is 0 Å². The number of nitrogens with one attached hydrogen (secondary N) is 3. The summed E-state index contributed by atoms with van der Waals surface area (Å²) in [5.74, 6) is 1.15. The van der Waals surface area contributed by atoms with Gasteiger partial charge in [-0.25, -0.2) is 0 Å². The van der Waals surface area contributed by atoms with Crippen molar-refractivity contribution in [2.45, 2.75) is 52.0 Å². The van der Waals surface area contributed by atoms with Crippen molar-refractivity contribution in [2.24, 2.45) is 17.8 Å². The van der Waals surface area contributed by atoms with Crippen LogP contribution in [0.4, 0.5) is 0 Å². The van der Waals surface area contributed by atoms with E-state index in [9.17, 15) is 9.59 Å². The molecule has 1 aliphatic heterocycles. The molecule has 8 heteroatoms. The Morgan fingerprint density at radius 3 is 2.57 bits per heavy atom. The van der Waals surface area contributed by atoms with Crippen molar-refractivity contribution in [2.75, 3.05) is 13.1 Å². The summed E-state index contributed by atoms with van der Waals surface area (Å²) in [6.07, 6.45) is 4.92. The molecular formula is C20H30N4O2S2. The maximum Gasteiger partial charge on any atom is 0.263 e. The molecule has 3 atom stereocenters. The SMILES string of the molecule is C[C@@H]1[C@@H](C)CCC[C@H]1NC(=S)NNC(=O)C1CCN(C(=O)c2cccs2)CC1. The van der Waals surface area contributed by atoms with Crippen LogP contribution in [0.5, 0.6) is 0 Å². The van der Waals surface area contributed by atoms with Gasteiger partial charge < -0.3 is 10.2 Å². The molecule has 154 valence electrons. The quantitative estimate of drug-likeness (QED) is 0.516. The highest BCUT2D eigenvalue weighted by Gasteiger charge is 2.29. The van der Waals surface area contributed by atoms with Crippen LogP contribution in [0, 0.1) is 17.8 Å². The fraction of sp³-hybridized carbons (Fsp3) is 0.650. The Kier molecular flexibility index (Phi) is 7.29. The Balaban J connectivity index is 1.38. The molecule has 3 N–H and O–H groups in total. The van der Waals surface area contributed by atoms with Crippen LogP contribution in [0.25, 0.3) is 0 Å². The number of carbonyl (C=O) groups excluding carboxylic acids is 2. The lowest BCUT2D eigenvalue weighted by molar-refractivity contribution is -0.126. The third-order valence-corrected chi connectivity index (χ3v) is 7.29. The number of hydrogen-bond acceptors (Lipinski definition) is 4. The van der Waals surface area contributed by atoms with E-state index in [4.69, 9.17) is 12.2 Å². The molecule has 0 bridgehead atoms. The molecule has 2 fully saturated rings. The first-order chi connectivity index (χ1) is 13.5. The van der Waals surface area contributed by atoms with Gasteiger partial charge in [0.2, 0.25) is 5.91 Å². The second kappa shape index (κ2) is 9.69. The summed E-state index contributed by atoms with van der Waals surface area (Å²) in [5.41, 5.74) is 5.61. The van der Waals surface area contributed by atoms with Crippen molar-refractivity contribution >= 4 is 40.5 Å². The number of hydrogen-bond donors (Lipinski definition) is 3. The Bertz CT molecular complexity index is 686. The first-order valence-corrected chi connectivity index (χ1v) is 11.4. The fourth-order valence-electron chi connectivity index (χ4n) is 4.11. The zero-order valence-corrected chi connectivity index (χ0v) is 18.2. The lowest BCUT2D eigenvalue weighted by Crippen LogP contribution is -2.54. The largest absolute Gasteiger partial charge is 0.358 e. The number of nitrogens with zero attached hydrogens (tertiary/aromatic N) is 1. The highest BCUT2D eigenvalue weighted by molar-refractivity contribution is 7.80. The molecule has 2 amide bonds. The maximum atomic E-state index is 12.5. The van der Waals surface area contributed by atoms with E-state index in [0.717, 1.165) is 11.3 Å². The van der Waals surface area contributed by atoms with Gasteiger partial charge in [-0.3, -0.25) is 20.4 Å². The van der Waals surface area contributed by atoms with Crippen LogP contribution in [-0.2, 0) is 4.79 Å². The number of thiocarbonyl (C=S) groups is 1. The monoisotopic (exact) mass is 422 g/mol. The van der Waals surface area contributed by atoms with Crippen molar-refractivity contribution < 1.29 is 9.59 Å². The molecule has 0 radical (unpaired) electrons. The normalized spacial score (nSPS) is 25.8. The van der Waals surface area contributed by atoms with Crippen LogP contribution in [0.15, 0.2) is 17.5 Å². The second-order valence-corrected chi connectivity index (χ2v) is 9.36. The predicted molar refractivity (Wildman–Crippen MR) is 116 cm³/mol. The molecule has 28 heavy (non-hydrogen) atoms. The van der Waals surface area contributed by atoms with Crippen LogP contribution in [0.2, 0.25) is 0 Å². The standard InChI is InChI=1S/C20H30N4O2S2/c1-13-5-3-6-16(14(13)2)21-20(27)23-22-18(25)15-8-10-24(11-9-15)19(26)17-7-4-12-28-17/h4,7,12-16H,3,5-6,8-11H2,1-2H3,(H,22,25)(H2,21,23,27)/t13-,14+,16+/m0/s1. The molecule has 2 aliphatic rings. The zero-order chi connectivity index (χ0) is 20.1. The fourth-order valence-corrected chi connectivity index (χ4v) is 5.00. The number of piperidine rings is 1. The summed E-state index contributed by atoms with van der Waals surface area (Å²) in [7, 11) is 0. The smallest absolute Gasteiger partial charge is 0.263 e. The van der Waals surface area contributed by atoms with Crippen molar-refractivity contribution in [3.8, 4) is 0 Å². The predicted octanol–water partition coefficient (Wildman–Crippen LogP) is 2.92. The van der Waals surface area contributed by atoms with Gasteiger partial charge >= 0.3 is 0 Å². The van der Waals surface area contributed by atoms with E-state index in [2.05, 4.69) is 30.0 Å². The number of amides is 2. The van der Waals surface area contributed by atoms with Crippen LogP contribution < -0.4 is 16.2 Å². The van der Waals surface area contributed by atoms with E-state index < -0.39 is 0 Å². The number of likely N-dealkylation sites (tertiary alicyclic amines) is 1. The van der Waals surface area contributed by atoms with Gasteiger partial charge in [-0.1, -0.05) is 32.8 Å². The minimum atomic E-state index is -0.101. The van der Waals surface area contributed by atoms with Crippen LogP contribution >= 0.6 is 23.6 Å². The first kappa shape index (κ1) is 21.0. The summed E-state index contributed by atoms with van der Waals surface area (Å²) in [4.78, 5) is 27.4. The Hall–Kier alpha value is -1.67. The van der Waals surface area contributed by atoms with Gasteiger partial charge in [-0.05, 0) is 54.8 Å². The van der Waals surface area contributed by atoms with Gasteiger partial charge in [0, 0.05) is 25.0 Å². The van der Waals surface area contributed by atoms with Crippen molar-refractivity contribution in [1.29, 1.82) is 0 Å². The minimum Gasteiger partial charge on any atom is -0.358 e. The molecule has 0 aromatic carbocycles. The summed E-state index contributed by atoms with van der Waals surface area (Å²) in [5, 5.41) is 5.73. The average Bonchev–Trinajstić information content (AvgIpc) is 3.24. The Morgan fingerprint density at radius 1 is 1.14 bits per heavy atom. The van der Waals surface area contributed by atoms with Gasteiger partial charge in [0.15, 0.2) is 5.11 Å². The number of thiophene rings is 1. The van der Waals surface area contributed by atoms with E-state index in [0.29, 0.717) is 48.9 Å². The molecule has 0 unspecified atom stereocenters. The average molecular weight is 423 g/mol. The van der Waals surface area contributed by atoms with Crippen LogP contribution in [-0.4, -0.2) is 41.0 Å². The molecule has 2 heterocycles. The number of carbonyl (C=O) groups is 2. The first-order valence-electron chi connectivity index (χ1n) is 10.1. The van der Waals surface area contributed by atoms with E-state index in [-0.39, 0.29) is 17.7 Å².